The summed E-state index contributed by atoms with van der Waals surface area (Å²) in [5, 5.41) is 17.5. The molecular weight excluding hydrogens is 663 g/mol. The van der Waals surface area contributed by atoms with Crippen molar-refractivity contribution in [3.05, 3.63) is 54.5 Å². The van der Waals surface area contributed by atoms with Gasteiger partial charge in [-0.25, -0.2) is 14.1 Å². The molecule has 49 heavy (non-hydrogen) atoms. The van der Waals surface area contributed by atoms with Crippen LogP contribution >= 0.6 is 7.75 Å². The van der Waals surface area contributed by atoms with E-state index in [4.69, 9.17) is 38.5 Å². The largest absolute Gasteiger partial charge is 0.464 e. The summed E-state index contributed by atoms with van der Waals surface area (Å²) < 4.78 is 55.6. The summed E-state index contributed by atoms with van der Waals surface area (Å²) >= 11 is 0. The second kappa shape index (κ2) is 15.3. The zero-order valence-electron chi connectivity index (χ0n) is 27.1. The molecule has 2 aliphatic rings. The number of nitrogen functional groups attached to an aromatic ring is 1. The van der Waals surface area contributed by atoms with Crippen molar-refractivity contribution in [1.82, 2.24) is 19.7 Å². The minimum atomic E-state index is -4.54. The highest BCUT2D eigenvalue weighted by Crippen LogP contribution is 2.50. The molecule has 3 N–H and O–H groups in total. The number of carbonyl (C=O) groups is 3. The van der Waals surface area contributed by atoms with Crippen molar-refractivity contribution in [3.63, 3.8) is 0 Å². The van der Waals surface area contributed by atoms with Crippen LogP contribution in [-0.4, -0.2) is 82.8 Å². The lowest BCUT2D eigenvalue weighted by Crippen LogP contribution is -2.49. The maximum absolute atomic E-state index is 14.4. The monoisotopic (exact) mass is 700 g/mol. The van der Waals surface area contributed by atoms with E-state index in [1.165, 1.54) is 36.8 Å². The fraction of sp³-hybridized carbons (Fsp3) is 0.484. The quantitative estimate of drug-likeness (QED) is 0.132. The topological polar surface area (TPSA) is 225 Å². The molecule has 17 nitrogen and oxygen atoms in total. The minimum absolute atomic E-state index is 0.0520. The van der Waals surface area contributed by atoms with Crippen molar-refractivity contribution < 1.29 is 51.7 Å². The van der Waals surface area contributed by atoms with E-state index in [2.05, 4.69) is 15.2 Å². The van der Waals surface area contributed by atoms with E-state index in [0.29, 0.717) is 18.7 Å². The number of para-hydroxylation sites is 1. The van der Waals surface area contributed by atoms with Crippen molar-refractivity contribution in [2.24, 2.45) is 5.92 Å². The van der Waals surface area contributed by atoms with Crippen LogP contribution in [0.1, 0.15) is 45.4 Å². The van der Waals surface area contributed by atoms with E-state index >= 15 is 0 Å². The first-order valence-electron chi connectivity index (χ1n) is 15.6. The zero-order chi connectivity index (χ0) is 35.2. The lowest BCUT2D eigenvalue weighted by molar-refractivity contribution is -0.169. The number of esters is 3. The number of carbonyl (C=O) groups excluding carboxylic acids is 3. The second-order valence-electron chi connectivity index (χ2n) is 11.4. The van der Waals surface area contributed by atoms with Crippen LogP contribution in [0.25, 0.3) is 5.52 Å². The number of benzene rings is 1. The predicted octanol–water partition coefficient (Wildman–Crippen LogP) is 2.66. The first-order valence-corrected chi connectivity index (χ1v) is 17.1. The average Bonchev–Trinajstić information content (AvgIpc) is 3.63. The van der Waals surface area contributed by atoms with Gasteiger partial charge >= 0.3 is 25.7 Å². The Hall–Kier alpha value is -4.59. The van der Waals surface area contributed by atoms with Crippen LogP contribution < -0.4 is 15.3 Å². The maximum Gasteiger partial charge on any atom is 0.459 e. The van der Waals surface area contributed by atoms with Crippen LogP contribution in [0.4, 0.5) is 5.82 Å². The highest BCUT2D eigenvalue weighted by Gasteiger charge is 2.62. The van der Waals surface area contributed by atoms with Gasteiger partial charge in [-0.05, 0) is 31.2 Å². The van der Waals surface area contributed by atoms with Gasteiger partial charge in [0.2, 0.25) is 5.60 Å². The van der Waals surface area contributed by atoms with Crippen LogP contribution in [0.3, 0.4) is 0 Å². The molecule has 262 valence electrons. The van der Waals surface area contributed by atoms with E-state index in [1.807, 2.05) is 6.07 Å². The predicted molar refractivity (Wildman–Crippen MR) is 168 cm³/mol. The molecule has 0 bridgehead atoms. The van der Waals surface area contributed by atoms with E-state index in [1.54, 1.807) is 37.3 Å². The summed E-state index contributed by atoms with van der Waals surface area (Å²) in [6, 6.07) is 12.0. The second-order valence-corrected chi connectivity index (χ2v) is 13.1. The molecule has 6 atom stereocenters. The number of nitrogens with one attached hydrogen (secondary N) is 1. The minimum Gasteiger partial charge on any atom is -0.464 e. The smallest absolute Gasteiger partial charge is 0.459 e. The SMILES string of the molecule is CCC(=O)O[C@H]1[C@H](c2ccc3c(N)ncnn23)O[C@](C#N)(CO[P@@](=O)(N[C@@H](C)C(=O)OCC2COC2)Oc2ccccc2)[C@H]1OC(=O)CC. The summed E-state index contributed by atoms with van der Waals surface area (Å²) in [6.07, 6.45) is -3.20. The van der Waals surface area contributed by atoms with Crippen LogP contribution in [0.15, 0.2) is 48.8 Å². The number of fused-ring (bicyclic) bond motifs is 1. The molecule has 2 aromatic heterocycles. The summed E-state index contributed by atoms with van der Waals surface area (Å²) in [5.74, 6) is -1.84. The zero-order valence-corrected chi connectivity index (χ0v) is 27.9. The number of nitriles is 1. The van der Waals surface area contributed by atoms with Gasteiger partial charge in [0.25, 0.3) is 0 Å². The van der Waals surface area contributed by atoms with Gasteiger partial charge in [0, 0.05) is 18.8 Å². The van der Waals surface area contributed by atoms with Crippen molar-refractivity contribution in [2.75, 3.05) is 32.2 Å². The Labute approximate surface area is 281 Å². The highest BCUT2D eigenvalue weighted by atomic mass is 31.2. The van der Waals surface area contributed by atoms with Gasteiger partial charge in [-0.2, -0.15) is 15.4 Å². The molecule has 0 amide bonds. The van der Waals surface area contributed by atoms with Crippen molar-refractivity contribution >= 4 is 37.0 Å². The number of hydrogen-bond donors (Lipinski definition) is 2. The number of aromatic nitrogens is 3. The Morgan fingerprint density at radius 2 is 1.86 bits per heavy atom. The summed E-state index contributed by atoms with van der Waals surface area (Å²) in [7, 11) is -4.54. The van der Waals surface area contributed by atoms with Gasteiger partial charge in [0.1, 0.15) is 42.4 Å². The lowest BCUT2D eigenvalue weighted by Gasteiger charge is -2.30. The Balaban J connectivity index is 1.49. The normalized spacial score (nSPS) is 23.8. The fourth-order valence-corrected chi connectivity index (χ4v) is 6.59. The number of hydrogen-bond acceptors (Lipinski definition) is 15. The van der Waals surface area contributed by atoms with Crippen LogP contribution in [-0.2, 0) is 47.2 Å². The number of rotatable bonds is 15. The maximum atomic E-state index is 14.4. The van der Waals surface area contributed by atoms with Gasteiger partial charge < -0.3 is 33.9 Å². The highest BCUT2D eigenvalue weighted by molar-refractivity contribution is 7.52. The van der Waals surface area contributed by atoms with Crippen LogP contribution in [0.2, 0.25) is 0 Å². The molecule has 0 saturated carbocycles. The Bertz CT molecular complexity index is 1750. The van der Waals surface area contributed by atoms with Gasteiger partial charge in [-0.15, -0.1) is 0 Å². The van der Waals surface area contributed by atoms with Gasteiger partial charge in [0.05, 0.1) is 25.5 Å². The van der Waals surface area contributed by atoms with Crippen LogP contribution in [0, 0.1) is 17.2 Å². The van der Waals surface area contributed by atoms with Crippen molar-refractivity contribution in [3.8, 4) is 11.8 Å². The van der Waals surface area contributed by atoms with Gasteiger partial charge in [0.15, 0.2) is 18.0 Å². The Kier molecular flexibility index (Phi) is 11.2. The average molecular weight is 701 g/mol. The van der Waals surface area contributed by atoms with E-state index in [9.17, 15) is 24.2 Å². The third-order valence-corrected chi connectivity index (χ3v) is 9.40. The lowest BCUT2D eigenvalue weighted by atomic mass is 9.95. The standard InChI is InChI=1S/C31H37N6O11P/c1-4-24(38)45-27-26(22-11-12-23-29(33)34-18-35-37(22)23)47-31(16-32,28(27)46-25(39)5-2)17-44-49(41,48-21-9-7-6-8-10-21)36-19(3)30(40)43-15-20-13-42-14-20/h6-12,18-20,26-28H,4-5,13-15,17H2,1-3H3,(H,36,41)(H2,33,34,35)/t19-,26-,27-,28-,31+,49-/m0/s1. The fourth-order valence-electron chi connectivity index (χ4n) is 5.07. The number of nitrogens with zero attached hydrogens (tertiary/aromatic N) is 4. The molecule has 2 aliphatic heterocycles. The number of anilines is 1. The molecule has 4 heterocycles. The molecule has 0 spiro atoms. The third kappa shape index (κ3) is 8.01. The first-order chi connectivity index (χ1) is 23.5. The molecule has 3 aromatic rings. The summed E-state index contributed by atoms with van der Waals surface area (Å²) in [4.78, 5) is 42.3. The third-order valence-electron chi connectivity index (χ3n) is 7.78. The van der Waals surface area contributed by atoms with Crippen molar-refractivity contribution in [2.45, 2.75) is 63.6 Å². The summed E-state index contributed by atoms with van der Waals surface area (Å²) in [6.45, 7) is 4.69. The van der Waals surface area contributed by atoms with Gasteiger partial charge in [-0.3, -0.25) is 18.9 Å². The number of ether oxygens (including phenoxy) is 5. The molecule has 18 heteroatoms. The summed E-state index contributed by atoms with van der Waals surface area (Å²) in [5.41, 5.74) is 4.47. The van der Waals surface area contributed by atoms with E-state index in [-0.39, 0.29) is 42.6 Å². The molecular formula is C31H37N6O11P. The Morgan fingerprint density at radius 1 is 1.14 bits per heavy atom. The van der Waals surface area contributed by atoms with Gasteiger partial charge in [-0.1, -0.05) is 32.0 Å². The molecule has 1 aromatic carbocycles. The van der Waals surface area contributed by atoms with Crippen LogP contribution in [0.5, 0.6) is 5.75 Å². The molecule has 0 aliphatic carbocycles. The molecule has 0 unspecified atom stereocenters. The molecule has 5 rings (SSSR count). The van der Waals surface area contributed by atoms with E-state index in [0.717, 1.165) is 0 Å². The molecule has 0 radical (unpaired) electrons. The molecule has 2 saturated heterocycles. The van der Waals surface area contributed by atoms with Crippen molar-refractivity contribution in [1.29, 1.82) is 5.26 Å². The number of nitrogens with two attached hydrogens (primary N) is 1. The molecule has 2 fully saturated rings. The van der Waals surface area contributed by atoms with E-state index < -0.39 is 62.2 Å². The first kappa shape index (κ1) is 35.7. The Morgan fingerprint density at radius 3 is 2.51 bits per heavy atom.